The fourth-order valence-electron chi connectivity index (χ4n) is 2.52. The van der Waals surface area contributed by atoms with Crippen LogP contribution in [0.1, 0.15) is 24.5 Å². The van der Waals surface area contributed by atoms with Gasteiger partial charge in [0.05, 0.1) is 11.0 Å². The number of aryl methyl sites for hydroxylation is 1. The molecule has 0 aromatic heterocycles. The van der Waals surface area contributed by atoms with E-state index in [1.54, 1.807) is 26.0 Å². The van der Waals surface area contributed by atoms with Crippen molar-refractivity contribution in [2.45, 2.75) is 37.7 Å². The molecule has 140 valence electrons. The van der Waals surface area contributed by atoms with E-state index in [2.05, 4.69) is 10.0 Å². The van der Waals surface area contributed by atoms with Gasteiger partial charge >= 0.3 is 0 Å². The summed E-state index contributed by atoms with van der Waals surface area (Å²) in [6.45, 7) is 3.33. The Morgan fingerprint density at radius 3 is 2.46 bits per heavy atom. The predicted octanol–water partition coefficient (Wildman–Crippen LogP) is 2.23. The first-order chi connectivity index (χ1) is 12.3. The van der Waals surface area contributed by atoms with Crippen LogP contribution < -0.4 is 10.0 Å². The van der Waals surface area contributed by atoms with Crippen LogP contribution in [-0.4, -0.2) is 32.1 Å². The second kappa shape index (κ2) is 8.93. The van der Waals surface area contributed by atoms with Gasteiger partial charge in [0.25, 0.3) is 0 Å². The molecule has 2 aromatic carbocycles. The van der Waals surface area contributed by atoms with E-state index in [9.17, 15) is 18.3 Å². The quantitative estimate of drug-likeness (QED) is 0.658. The number of carbonyl (C=O) groups excluding carboxylic acids is 1. The lowest BCUT2D eigenvalue weighted by atomic mass is 10.1. The summed E-state index contributed by atoms with van der Waals surface area (Å²) >= 11 is 0. The topological polar surface area (TPSA) is 95.5 Å². The van der Waals surface area contributed by atoms with Gasteiger partial charge in [-0.3, -0.25) is 4.79 Å². The van der Waals surface area contributed by atoms with Crippen LogP contribution >= 0.6 is 0 Å². The number of anilines is 1. The molecule has 2 rings (SSSR count). The minimum Gasteiger partial charge on any atom is -0.391 e. The molecule has 7 heteroatoms. The van der Waals surface area contributed by atoms with Crippen molar-refractivity contribution in [2.24, 2.45) is 0 Å². The van der Waals surface area contributed by atoms with Gasteiger partial charge in [-0.2, -0.15) is 0 Å². The predicted molar refractivity (Wildman–Crippen MR) is 101 cm³/mol. The smallest absolute Gasteiger partial charge is 0.240 e. The number of hydrogen-bond donors (Lipinski definition) is 3. The normalized spacial score (nSPS) is 12.6. The maximum Gasteiger partial charge on any atom is 0.240 e. The Bertz CT molecular complexity index is 851. The molecule has 0 fully saturated rings. The van der Waals surface area contributed by atoms with Gasteiger partial charge in [-0.05, 0) is 42.7 Å². The van der Waals surface area contributed by atoms with Crippen molar-refractivity contribution in [2.75, 3.05) is 11.9 Å². The van der Waals surface area contributed by atoms with Gasteiger partial charge < -0.3 is 10.4 Å². The summed E-state index contributed by atoms with van der Waals surface area (Å²) in [5, 5.41) is 12.8. The van der Waals surface area contributed by atoms with E-state index in [1.807, 2.05) is 30.3 Å². The second-order valence-electron chi connectivity index (χ2n) is 6.08. The fourth-order valence-corrected chi connectivity index (χ4v) is 3.82. The maximum absolute atomic E-state index is 12.5. The summed E-state index contributed by atoms with van der Waals surface area (Å²) in [4.78, 5) is 11.6. The first-order valence-electron chi connectivity index (χ1n) is 8.44. The number of nitrogens with one attached hydrogen (secondary N) is 2. The Morgan fingerprint density at radius 2 is 1.85 bits per heavy atom. The number of carbonyl (C=O) groups is 1. The van der Waals surface area contributed by atoms with Gasteiger partial charge in [0, 0.05) is 18.7 Å². The highest BCUT2D eigenvalue weighted by atomic mass is 32.2. The number of amides is 1. The Kier molecular flexibility index (Phi) is 6.90. The van der Waals surface area contributed by atoms with E-state index < -0.39 is 16.1 Å². The largest absolute Gasteiger partial charge is 0.391 e. The Morgan fingerprint density at radius 1 is 1.15 bits per heavy atom. The summed E-state index contributed by atoms with van der Waals surface area (Å²) in [5.74, 6) is -0.137. The zero-order chi connectivity index (χ0) is 19.2. The monoisotopic (exact) mass is 376 g/mol. The molecule has 26 heavy (non-hydrogen) atoms. The van der Waals surface area contributed by atoms with E-state index in [-0.39, 0.29) is 17.3 Å². The molecule has 1 amide bonds. The lowest BCUT2D eigenvalue weighted by molar-refractivity contribution is -0.115. The van der Waals surface area contributed by atoms with Crippen molar-refractivity contribution in [3.63, 3.8) is 0 Å². The summed E-state index contributed by atoms with van der Waals surface area (Å²) < 4.78 is 27.4. The van der Waals surface area contributed by atoms with E-state index in [0.717, 1.165) is 5.56 Å². The molecule has 0 bridgehead atoms. The molecule has 1 atom stereocenters. The first kappa shape index (κ1) is 20.1. The molecule has 0 aliphatic heterocycles. The van der Waals surface area contributed by atoms with Gasteiger partial charge in [-0.25, -0.2) is 13.1 Å². The molecule has 0 unspecified atom stereocenters. The van der Waals surface area contributed by atoms with Crippen LogP contribution in [0.2, 0.25) is 0 Å². The molecule has 0 saturated heterocycles. The highest BCUT2D eigenvalue weighted by Crippen LogP contribution is 2.20. The first-order valence-corrected chi connectivity index (χ1v) is 9.92. The lowest BCUT2D eigenvalue weighted by Gasteiger charge is -2.14. The Balaban J connectivity index is 2.01. The van der Waals surface area contributed by atoms with Crippen LogP contribution in [0.25, 0.3) is 0 Å². The maximum atomic E-state index is 12.5. The molecule has 0 radical (unpaired) electrons. The Hall–Kier alpha value is -2.22. The third-order valence-corrected chi connectivity index (χ3v) is 5.48. The van der Waals surface area contributed by atoms with Gasteiger partial charge in [0.1, 0.15) is 0 Å². The van der Waals surface area contributed by atoms with E-state index in [1.165, 1.54) is 6.07 Å². The van der Waals surface area contributed by atoms with Crippen LogP contribution in [0.5, 0.6) is 0 Å². The van der Waals surface area contributed by atoms with Crippen LogP contribution in [-0.2, 0) is 21.2 Å². The van der Waals surface area contributed by atoms with Crippen LogP contribution in [0.3, 0.4) is 0 Å². The molecule has 0 heterocycles. The van der Waals surface area contributed by atoms with Crippen molar-refractivity contribution in [1.82, 2.24) is 4.72 Å². The minimum atomic E-state index is -3.75. The van der Waals surface area contributed by atoms with Crippen molar-refractivity contribution < 1.29 is 18.3 Å². The van der Waals surface area contributed by atoms with Gasteiger partial charge in [-0.1, -0.05) is 37.3 Å². The van der Waals surface area contributed by atoms with Crippen molar-refractivity contribution >= 4 is 21.6 Å². The van der Waals surface area contributed by atoms with Crippen molar-refractivity contribution in [1.29, 1.82) is 0 Å². The number of hydrogen-bond acceptors (Lipinski definition) is 4. The van der Waals surface area contributed by atoms with Gasteiger partial charge in [0.2, 0.25) is 15.9 Å². The summed E-state index contributed by atoms with van der Waals surface area (Å²) in [6.07, 6.45) is -0.111. The highest BCUT2D eigenvalue weighted by Gasteiger charge is 2.18. The van der Waals surface area contributed by atoms with Crippen molar-refractivity contribution in [3.05, 3.63) is 59.7 Å². The molecule has 0 saturated carbocycles. The zero-order valence-corrected chi connectivity index (χ0v) is 15.7. The zero-order valence-electron chi connectivity index (χ0n) is 14.9. The van der Waals surface area contributed by atoms with Crippen LogP contribution in [0.15, 0.2) is 53.4 Å². The number of aliphatic hydroxyl groups excluding tert-OH is 1. The number of aliphatic hydroxyl groups is 1. The Labute approximate surface area is 154 Å². The van der Waals surface area contributed by atoms with Gasteiger partial charge in [-0.15, -0.1) is 0 Å². The molecule has 0 spiro atoms. The molecule has 6 nitrogen and oxygen atoms in total. The van der Waals surface area contributed by atoms with Crippen molar-refractivity contribution in [3.8, 4) is 0 Å². The van der Waals surface area contributed by atoms with Crippen LogP contribution in [0.4, 0.5) is 5.69 Å². The third-order valence-electron chi connectivity index (χ3n) is 3.89. The lowest BCUT2D eigenvalue weighted by Crippen LogP contribution is -2.33. The van der Waals surface area contributed by atoms with E-state index in [0.29, 0.717) is 24.1 Å². The second-order valence-corrected chi connectivity index (χ2v) is 7.81. The van der Waals surface area contributed by atoms with E-state index >= 15 is 0 Å². The number of sulfonamides is 1. The molecule has 3 N–H and O–H groups in total. The molecular formula is C19H24N2O4S. The highest BCUT2D eigenvalue weighted by molar-refractivity contribution is 7.89. The molecule has 0 aliphatic carbocycles. The average Bonchev–Trinajstić information content (AvgIpc) is 2.60. The fraction of sp³-hybridized carbons (Fsp3) is 0.316. The summed E-state index contributed by atoms with van der Waals surface area (Å²) in [6, 6.07) is 14.0. The molecule has 0 aliphatic rings. The molecule has 2 aromatic rings. The summed E-state index contributed by atoms with van der Waals surface area (Å²) in [5.41, 5.74) is 2.01. The van der Waals surface area contributed by atoms with Crippen LogP contribution in [0, 0.1) is 6.92 Å². The number of rotatable bonds is 8. The third kappa shape index (κ3) is 5.66. The molecular weight excluding hydrogens is 352 g/mol. The standard InChI is InChI=1S/C19H24N2O4S/c1-3-19(23)21-16-9-10-18(14(2)11-16)26(24,25)20-13-17(22)12-15-7-5-4-6-8-15/h4-11,17,20,22H,3,12-13H2,1-2H3,(H,21,23)/t17-/m1/s1. The van der Waals surface area contributed by atoms with Gasteiger partial charge in [0.15, 0.2) is 0 Å². The number of benzene rings is 2. The SMILES string of the molecule is CCC(=O)Nc1ccc(S(=O)(=O)NC[C@H](O)Cc2ccccc2)c(C)c1. The average molecular weight is 376 g/mol. The van der Waals surface area contributed by atoms with E-state index in [4.69, 9.17) is 0 Å². The minimum absolute atomic E-state index is 0.0784. The summed E-state index contributed by atoms with van der Waals surface area (Å²) in [7, 11) is -3.75.